The van der Waals surface area contributed by atoms with Crippen molar-refractivity contribution in [3.8, 4) is 0 Å². The summed E-state index contributed by atoms with van der Waals surface area (Å²) >= 11 is 0. The number of rotatable bonds is 3. The van der Waals surface area contributed by atoms with Gasteiger partial charge < -0.3 is 5.11 Å². The van der Waals surface area contributed by atoms with E-state index in [0.717, 1.165) is 38.5 Å². The first-order chi connectivity index (χ1) is 9.11. The van der Waals surface area contributed by atoms with E-state index in [-0.39, 0.29) is 29.3 Å². The van der Waals surface area contributed by atoms with E-state index in [1.54, 1.807) is 0 Å². The number of carbonyl (C=O) groups excluding carboxylic acids is 2. The summed E-state index contributed by atoms with van der Waals surface area (Å²) in [6.45, 7) is 0.542. The SMILES string of the molecule is O=C1CC2(CCCCCC2)C(=O)N1CC1(CO)CC1. The third-order valence-corrected chi connectivity index (χ3v) is 5.34. The van der Waals surface area contributed by atoms with E-state index in [9.17, 15) is 14.7 Å². The number of carbonyl (C=O) groups is 2. The molecule has 1 N–H and O–H groups in total. The molecule has 1 aliphatic heterocycles. The summed E-state index contributed by atoms with van der Waals surface area (Å²) in [6, 6.07) is 0. The molecule has 3 rings (SSSR count). The predicted molar refractivity (Wildman–Crippen MR) is 70.2 cm³/mol. The van der Waals surface area contributed by atoms with E-state index in [2.05, 4.69) is 0 Å². The Kier molecular flexibility index (Phi) is 3.16. The van der Waals surface area contributed by atoms with Crippen LogP contribution in [0.15, 0.2) is 0 Å². The molecule has 2 amide bonds. The van der Waals surface area contributed by atoms with Gasteiger partial charge in [0.15, 0.2) is 0 Å². The van der Waals surface area contributed by atoms with E-state index < -0.39 is 0 Å². The van der Waals surface area contributed by atoms with Gasteiger partial charge in [0.2, 0.25) is 11.8 Å². The van der Waals surface area contributed by atoms with E-state index >= 15 is 0 Å². The Morgan fingerprint density at radius 3 is 2.16 bits per heavy atom. The summed E-state index contributed by atoms with van der Waals surface area (Å²) in [5.74, 6) is 0.0470. The number of imide groups is 1. The van der Waals surface area contributed by atoms with Crippen molar-refractivity contribution in [2.24, 2.45) is 10.8 Å². The number of amides is 2. The third-order valence-electron chi connectivity index (χ3n) is 5.34. The van der Waals surface area contributed by atoms with Crippen LogP contribution in [0.1, 0.15) is 57.8 Å². The highest BCUT2D eigenvalue weighted by atomic mass is 16.3. The summed E-state index contributed by atoms with van der Waals surface area (Å²) in [5, 5.41) is 9.39. The van der Waals surface area contributed by atoms with Crippen LogP contribution in [-0.2, 0) is 9.59 Å². The summed E-state index contributed by atoms with van der Waals surface area (Å²) in [6.07, 6.45) is 8.54. The minimum atomic E-state index is -0.390. The first-order valence-electron chi connectivity index (χ1n) is 7.57. The lowest BCUT2D eigenvalue weighted by Gasteiger charge is -2.26. The molecule has 19 heavy (non-hydrogen) atoms. The smallest absolute Gasteiger partial charge is 0.235 e. The molecular formula is C15H23NO3. The Hall–Kier alpha value is -0.900. The molecule has 1 saturated heterocycles. The zero-order valence-electron chi connectivity index (χ0n) is 11.5. The van der Waals surface area contributed by atoms with Crippen LogP contribution in [0.5, 0.6) is 0 Å². The maximum Gasteiger partial charge on any atom is 0.235 e. The van der Waals surface area contributed by atoms with Crippen molar-refractivity contribution in [2.45, 2.75) is 57.8 Å². The van der Waals surface area contributed by atoms with Gasteiger partial charge in [-0.2, -0.15) is 0 Å². The molecule has 106 valence electrons. The second-order valence-electron chi connectivity index (χ2n) is 6.81. The average Bonchev–Trinajstić information content (AvgIpc) is 3.16. The zero-order chi connectivity index (χ0) is 13.5. The van der Waals surface area contributed by atoms with Crippen LogP contribution in [0.3, 0.4) is 0 Å². The fourth-order valence-electron chi connectivity index (χ4n) is 3.69. The van der Waals surface area contributed by atoms with Crippen LogP contribution in [0.4, 0.5) is 0 Å². The van der Waals surface area contributed by atoms with Gasteiger partial charge in [-0.05, 0) is 25.7 Å². The van der Waals surface area contributed by atoms with Crippen molar-refractivity contribution in [3.63, 3.8) is 0 Å². The van der Waals surface area contributed by atoms with E-state index in [1.807, 2.05) is 0 Å². The van der Waals surface area contributed by atoms with E-state index in [1.165, 1.54) is 17.7 Å². The maximum absolute atomic E-state index is 12.7. The number of aliphatic hydroxyl groups is 1. The Morgan fingerprint density at radius 1 is 1.00 bits per heavy atom. The van der Waals surface area contributed by atoms with Crippen LogP contribution >= 0.6 is 0 Å². The number of aliphatic hydroxyl groups excluding tert-OH is 1. The molecule has 1 spiro atoms. The van der Waals surface area contributed by atoms with Crippen LogP contribution in [0, 0.1) is 10.8 Å². The predicted octanol–water partition coefficient (Wildman–Crippen LogP) is 1.86. The van der Waals surface area contributed by atoms with Gasteiger partial charge in [0.25, 0.3) is 0 Å². The molecule has 3 fully saturated rings. The third kappa shape index (κ3) is 2.20. The summed E-state index contributed by atoms with van der Waals surface area (Å²) in [5.41, 5.74) is -0.555. The van der Waals surface area contributed by atoms with Crippen LogP contribution < -0.4 is 0 Å². The zero-order valence-corrected chi connectivity index (χ0v) is 11.5. The standard InChI is InChI=1S/C15H23NO3/c17-11-14(7-8-14)10-16-12(18)9-15(13(16)19)5-3-1-2-4-6-15/h17H,1-11H2. The van der Waals surface area contributed by atoms with Gasteiger partial charge in [-0.25, -0.2) is 0 Å². The van der Waals surface area contributed by atoms with Crippen LogP contribution in [0.25, 0.3) is 0 Å². The lowest BCUT2D eigenvalue weighted by molar-refractivity contribution is -0.143. The number of hydrogen-bond acceptors (Lipinski definition) is 3. The topological polar surface area (TPSA) is 57.6 Å². The number of hydrogen-bond donors (Lipinski definition) is 1. The summed E-state index contributed by atoms with van der Waals surface area (Å²) in [4.78, 5) is 26.4. The van der Waals surface area contributed by atoms with Crippen molar-refractivity contribution in [1.29, 1.82) is 0 Å². The lowest BCUT2D eigenvalue weighted by atomic mass is 9.79. The Balaban J connectivity index is 1.76. The van der Waals surface area contributed by atoms with Gasteiger partial charge in [-0.1, -0.05) is 25.7 Å². The molecule has 0 unspecified atom stereocenters. The van der Waals surface area contributed by atoms with Gasteiger partial charge in [0, 0.05) is 18.4 Å². The normalized spacial score (nSPS) is 28.8. The molecule has 0 atom stereocenters. The minimum Gasteiger partial charge on any atom is -0.396 e. The highest BCUT2D eigenvalue weighted by molar-refractivity contribution is 6.06. The van der Waals surface area contributed by atoms with Crippen molar-refractivity contribution in [3.05, 3.63) is 0 Å². The van der Waals surface area contributed by atoms with Crippen molar-refractivity contribution in [2.75, 3.05) is 13.2 Å². The first-order valence-corrected chi connectivity index (χ1v) is 7.57. The molecule has 0 aromatic rings. The monoisotopic (exact) mass is 265 g/mol. The molecule has 0 bridgehead atoms. The number of likely N-dealkylation sites (tertiary alicyclic amines) is 1. The molecule has 3 aliphatic rings. The highest BCUT2D eigenvalue weighted by Crippen LogP contribution is 2.49. The van der Waals surface area contributed by atoms with Crippen molar-refractivity contribution in [1.82, 2.24) is 4.90 Å². The second-order valence-corrected chi connectivity index (χ2v) is 6.81. The molecule has 1 heterocycles. The maximum atomic E-state index is 12.7. The van der Waals surface area contributed by atoms with E-state index in [4.69, 9.17) is 0 Å². The molecule has 2 aliphatic carbocycles. The van der Waals surface area contributed by atoms with Gasteiger partial charge in [-0.15, -0.1) is 0 Å². The van der Waals surface area contributed by atoms with Gasteiger partial charge >= 0.3 is 0 Å². The minimum absolute atomic E-state index is 0.00775. The summed E-state index contributed by atoms with van der Waals surface area (Å²) < 4.78 is 0. The lowest BCUT2D eigenvalue weighted by Crippen LogP contribution is -2.40. The molecule has 0 radical (unpaired) electrons. The molecule has 4 heteroatoms. The van der Waals surface area contributed by atoms with Gasteiger partial charge in [0.05, 0.1) is 12.0 Å². The number of nitrogens with zero attached hydrogens (tertiary/aromatic N) is 1. The van der Waals surface area contributed by atoms with Gasteiger partial charge in [-0.3, -0.25) is 14.5 Å². The van der Waals surface area contributed by atoms with Crippen molar-refractivity contribution >= 4 is 11.8 Å². The average molecular weight is 265 g/mol. The fraction of sp³-hybridized carbons (Fsp3) is 0.867. The fourth-order valence-corrected chi connectivity index (χ4v) is 3.69. The Morgan fingerprint density at radius 2 is 1.63 bits per heavy atom. The van der Waals surface area contributed by atoms with Crippen LogP contribution in [-0.4, -0.2) is 35.0 Å². The van der Waals surface area contributed by atoms with E-state index in [0.29, 0.717) is 13.0 Å². The highest BCUT2D eigenvalue weighted by Gasteiger charge is 2.54. The summed E-state index contributed by atoms with van der Waals surface area (Å²) in [7, 11) is 0. The molecule has 4 nitrogen and oxygen atoms in total. The second kappa shape index (κ2) is 4.58. The first kappa shape index (κ1) is 13.1. The quantitative estimate of drug-likeness (QED) is 0.792. The van der Waals surface area contributed by atoms with Gasteiger partial charge in [0.1, 0.15) is 0 Å². The van der Waals surface area contributed by atoms with Crippen LogP contribution in [0.2, 0.25) is 0 Å². The Labute approximate surface area is 114 Å². The molecular weight excluding hydrogens is 242 g/mol. The largest absolute Gasteiger partial charge is 0.396 e. The molecule has 0 aromatic carbocycles. The van der Waals surface area contributed by atoms with Crippen molar-refractivity contribution < 1.29 is 14.7 Å². The molecule has 0 aromatic heterocycles. The molecule has 2 saturated carbocycles. The Bertz CT molecular complexity index is 392.